The first-order chi connectivity index (χ1) is 10.6. The van der Waals surface area contributed by atoms with Crippen LogP contribution in [0.5, 0.6) is 0 Å². The van der Waals surface area contributed by atoms with Crippen LogP contribution in [0.25, 0.3) is 6.08 Å². The number of ether oxygens (including phenoxy) is 1. The number of nitrogens with one attached hydrogen (secondary N) is 1. The normalized spacial score (nSPS) is 10.0. The lowest BCUT2D eigenvalue weighted by Gasteiger charge is -2.01. The second-order valence-electron chi connectivity index (χ2n) is 4.18. The van der Waals surface area contributed by atoms with Crippen LogP contribution in [0.3, 0.4) is 0 Å². The molecule has 0 aromatic heterocycles. The van der Waals surface area contributed by atoms with Crippen LogP contribution in [0.15, 0.2) is 36.4 Å². The summed E-state index contributed by atoms with van der Waals surface area (Å²) in [5, 5.41) is 18.1. The van der Waals surface area contributed by atoms with Gasteiger partial charge in [-0.25, -0.2) is 9.59 Å². The lowest BCUT2D eigenvalue weighted by molar-refractivity contribution is -0.159. The van der Waals surface area contributed by atoms with Crippen LogP contribution >= 0.6 is 0 Å². The molecule has 0 aliphatic heterocycles. The molecular formula is C16H23NO5. The first-order valence-electron chi connectivity index (χ1n) is 7.04. The molecule has 6 nitrogen and oxygen atoms in total. The van der Waals surface area contributed by atoms with E-state index in [1.165, 1.54) is 5.56 Å². The Labute approximate surface area is 130 Å². The van der Waals surface area contributed by atoms with Crippen LogP contribution in [-0.2, 0) is 14.3 Å². The Bertz CT molecular complexity index is 433. The third-order valence-electron chi connectivity index (χ3n) is 2.40. The smallest absolute Gasteiger partial charge is 0.414 e. The second-order valence-corrected chi connectivity index (χ2v) is 4.18. The van der Waals surface area contributed by atoms with Gasteiger partial charge in [-0.15, -0.1) is 0 Å². The first-order valence-corrected chi connectivity index (χ1v) is 7.04. The van der Waals surface area contributed by atoms with E-state index in [0.29, 0.717) is 0 Å². The highest BCUT2D eigenvalue weighted by Gasteiger charge is 2.04. The van der Waals surface area contributed by atoms with Crippen molar-refractivity contribution in [1.82, 2.24) is 5.32 Å². The highest BCUT2D eigenvalue weighted by Crippen LogP contribution is 1.99. The van der Waals surface area contributed by atoms with Crippen molar-refractivity contribution in [1.29, 1.82) is 0 Å². The fourth-order valence-corrected chi connectivity index (χ4v) is 1.39. The molecule has 0 aliphatic rings. The summed E-state index contributed by atoms with van der Waals surface area (Å²) < 4.78 is 5.25. The zero-order valence-corrected chi connectivity index (χ0v) is 12.7. The van der Waals surface area contributed by atoms with Crippen molar-refractivity contribution >= 4 is 18.0 Å². The molecule has 0 saturated heterocycles. The van der Waals surface area contributed by atoms with Gasteiger partial charge in [0.15, 0.2) is 0 Å². The van der Waals surface area contributed by atoms with Crippen LogP contribution in [0, 0.1) is 0 Å². The molecule has 0 aliphatic carbocycles. The van der Waals surface area contributed by atoms with Crippen LogP contribution in [0.4, 0.5) is 0 Å². The third kappa shape index (κ3) is 12.8. The van der Waals surface area contributed by atoms with Crippen molar-refractivity contribution < 1.29 is 24.5 Å². The highest BCUT2D eigenvalue weighted by molar-refractivity contribution is 6.27. The molecule has 0 fully saturated rings. The van der Waals surface area contributed by atoms with Crippen LogP contribution in [0.2, 0.25) is 0 Å². The fraction of sp³-hybridized carbons (Fsp3) is 0.375. The largest absolute Gasteiger partial charge is 0.473 e. The van der Waals surface area contributed by atoms with E-state index in [2.05, 4.69) is 41.7 Å². The molecule has 22 heavy (non-hydrogen) atoms. The van der Waals surface area contributed by atoms with E-state index < -0.39 is 11.9 Å². The monoisotopic (exact) mass is 309 g/mol. The zero-order chi connectivity index (χ0) is 16.6. The molecule has 1 rings (SSSR count). The summed E-state index contributed by atoms with van der Waals surface area (Å²) in [6.45, 7) is 5.62. The summed E-state index contributed by atoms with van der Waals surface area (Å²) in [5.74, 6) is -3.65. The van der Waals surface area contributed by atoms with Gasteiger partial charge in [-0.2, -0.15) is 0 Å². The number of hydrogen-bond donors (Lipinski definition) is 3. The standard InChI is InChI=1S/C14H21NO.C2H2O4/c1-2-16-13-7-12-15-11-6-10-14-8-4-3-5-9-14;3-1(4)2(5)6/h3-6,8-10,15H,2,7,11-13H2,1H3;(H,3,4)(H,5,6). The van der Waals surface area contributed by atoms with E-state index in [1.807, 2.05) is 13.0 Å². The predicted molar refractivity (Wildman–Crippen MR) is 84.7 cm³/mol. The van der Waals surface area contributed by atoms with Crippen molar-refractivity contribution in [3.63, 3.8) is 0 Å². The Morgan fingerprint density at radius 1 is 1.18 bits per heavy atom. The molecule has 6 heteroatoms. The third-order valence-corrected chi connectivity index (χ3v) is 2.40. The molecule has 0 saturated carbocycles. The summed E-state index contributed by atoms with van der Waals surface area (Å²) >= 11 is 0. The van der Waals surface area contributed by atoms with Gasteiger partial charge in [-0.05, 0) is 25.5 Å². The molecule has 122 valence electrons. The minimum atomic E-state index is -1.82. The minimum absolute atomic E-state index is 0.813. The summed E-state index contributed by atoms with van der Waals surface area (Å²) in [6.07, 6.45) is 5.36. The number of rotatable bonds is 8. The van der Waals surface area contributed by atoms with Crippen LogP contribution in [-0.4, -0.2) is 48.5 Å². The fourth-order valence-electron chi connectivity index (χ4n) is 1.39. The maximum Gasteiger partial charge on any atom is 0.414 e. The first kappa shape index (κ1) is 19.8. The van der Waals surface area contributed by atoms with Crippen LogP contribution in [0.1, 0.15) is 18.9 Å². The van der Waals surface area contributed by atoms with E-state index in [4.69, 9.17) is 24.5 Å². The Hall–Kier alpha value is -2.18. The molecule has 3 N–H and O–H groups in total. The Morgan fingerprint density at radius 2 is 1.82 bits per heavy atom. The zero-order valence-electron chi connectivity index (χ0n) is 12.7. The predicted octanol–water partition coefficient (Wildman–Crippen LogP) is 1.87. The van der Waals surface area contributed by atoms with Gasteiger partial charge in [0.25, 0.3) is 0 Å². The van der Waals surface area contributed by atoms with E-state index in [9.17, 15) is 0 Å². The quantitative estimate of drug-likeness (QED) is 0.501. The van der Waals surface area contributed by atoms with Crippen molar-refractivity contribution in [3.05, 3.63) is 42.0 Å². The average molecular weight is 309 g/mol. The number of carbonyl (C=O) groups is 2. The molecule has 0 bridgehead atoms. The van der Waals surface area contributed by atoms with Gasteiger partial charge >= 0.3 is 11.9 Å². The number of aliphatic carboxylic acids is 2. The van der Waals surface area contributed by atoms with Crippen molar-refractivity contribution in [2.75, 3.05) is 26.3 Å². The Kier molecular flexibility index (Phi) is 12.4. The van der Waals surface area contributed by atoms with Gasteiger partial charge in [0.1, 0.15) is 0 Å². The Balaban J connectivity index is 0.000000626. The number of benzene rings is 1. The maximum absolute atomic E-state index is 9.10. The van der Waals surface area contributed by atoms with Gasteiger partial charge in [-0.1, -0.05) is 42.5 Å². The van der Waals surface area contributed by atoms with Crippen molar-refractivity contribution in [2.45, 2.75) is 13.3 Å². The molecule has 0 amide bonds. The number of carboxylic acid groups (broad SMARTS) is 2. The maximum atomic E-state index is 9.10. The molecule has 0 heterocycles. The molecule has 0 atom stereocenters. The van der Waals surface area contributed by atoms with Gasteiger partial charge in [0, 0.05) is 19.8 Å². The van der Waals surface area contributed by atoms with Crippen LogP contribution < -0.4 is 5.32 Å². The van der Waals surface area contributed by atoms with E-state index in [0.717, 1.165) is 32.7 Å². The summed E-state index contributed by atoms with van der Waals surface area (Å²) in [6, 6.07) is 10.3. The Morgan fingerprint density at radius 3 is 2.36 bits per heavy atom. The van der Waals surface area contributed by atoms with Gasteiger partial charge < -0.3 is 20.3 Å². The minimum Gasteiger partial charge on any atom is -0.473 e. The average Bonchev–Trinajstić information content (AvgIpc) is 2.51. The molecule has 0 radical (unpaired) electrons. The van der Waals surface area contributed by atoms with Crippen molar-refractivity contribution in [2.24, 2.45) is 0 Å². The molecular weight excluding hydrogens is 286 g/mol. The number of hydrogen-bond acceptors (Lipinski definition) is 4. The van der Waals surface area contributed by atoms with E-state index in [1.54, 1.807) is 0 Å². The van der Waals surface area contributed by atoms with E-state index in [-0.39, 0.29) is 0 Å². The van der Waals surface area contributed by atoms with E-state index >= 15 is 0 Å². The SMILES string of the molecule is CCOCCCNCC=Cc1ccccc1.O=C(O)C(=O)O. The summed E-state index contributed by atoms with van der Waals surface area (Å²) in [5.41, 5.74) is 1.25. The van der Waals surface area contributed by atoms with Gasteiger partial charge in [-0.3, -0.25) is 0 Å². The molecule has 1 aromatic carbocycles. The highest BCUT2D eigenvalue weighted by atomic mass is 16.5. The van der Waals surface area contributed by atoms with Gasteiger partial charge in [0.2, 0.25) is 0 Å². The molecule has 0 unspecified atom stereocenters. The lowest BCUT2D eigenvalue weighted by Crippen LogP contribution is -2.16. The van der Waals surface area contributed by atoms with Gasteiger partial charge in [0.05, 0.1) is 0 Å². The molecule has 1 aromatic rings. The van der Waals surface area contributed by atoms with Crippen molar-refractivity contribution in [3.8, 4) is 0 Å². The lowest BCUT2D eigenvalue weighted by atomic mass is 10.2. The second kappa shape index (κ2) is 13.8. The molecule has 0 spiro atoms. The summed E-state index contributed by atoms with van der Waals surface area (Å²) in [7, 11) is 0. The number of carboxylic acids is 2. The summed E-state index contributed by atoms with van der Waals surface area (Å²) in [4.78, 5) is 18.2. The topological polar surface area (TPSA) is 95.9 Å².